The summed E-state index contributed by atoms with van der Waals surface area (Å²) in [7, 11) is 3.46. The van der Waals surface area contributed by atoms with E-state index in [1.165, 1.54) is 29.1 Å². The molecule has 1 aliphatic rings. The third kappa shape index (κ3) is 2.10. The number of ether oxygens (including phenoxy) is 1. The van der Waals surface area contributed by atoms with E-state index in [-0.39, 0.29) is 5.97 Å². The molecule has 0 saturated carbocycles. The Morgan fingerprint density at radius 1 is 1.30 bits per heavy atom. The van der Waals surface area contributed by atoms with E-state index >= 15 is 0 Å². The topological polar surface area (TPSA) is 34.5 Å². The maximum absolute atomic E-state index is 11.5. The number of rotatable bonds is 3. The molecule has 0 radical (unpaired) electrons. The zero-order chi connectivity index (χ0) is 14.3. The highest BCUT2D eigenvalue weighted by atomic mass is 16.5. The van der Waals surface area contributed by atoms with Crippen LogP contribution >= 0.6 is 0 Å². The van der Waals surface area contributed by atoms with Gasteiger partial charge in [0.1, 0.15) is 0 Å². The minimum atomic E-state index is -0.187. The smallest absolute Gasteiger partial charge is 0.310 e. The summed E-state index contributed by atoms with van der Waals surface area (Å²) >= 11 is 0. The molecule has 0 atom stereocenters. The van der Waals surface area contributed by atoms with Crippen molar-refractivity contribution in [2.45, 2.75) is 26.4 Å². The Balaban J connectivity index is 2.05. The number of aromatic nitrogens is 1. The van der Waals surface area contributed by atoms with E-state index < -0.39 is 0 Å². The molecule has 4 nitrogen and oxygen atoms in total. The first-order valence-corrected chi connectivity index (χ1v) is 7.01. The van der Waals surface area contributed by atoms with Gasteiger partial charge >= 0.3 is 5.97 Å². The van der Waals surface area contributed by atoms with Crippen LogP contribution < -0.4 is 0 Å². The van der Waals surface area contributed by atoms with Gasteiger partial charge in [-0.3, -0.25) is 9.69 Å². The van der Waals surface area contributed by atoms with Crippen molar-refractivity contribution < 1.29 is 9.53 Å². The van der Waals surface area contributed by atoms with E-state index in [0.717, 1.165) is 25.2 Å². The van der Waals surface area contributed by atoms with Crippen LogP contribution in [-0.2, 0) is 36.1 Å². The molecule has 106 valence electrons. The van der Waals surface area contributed by atoms with Crippen LogP contribution in [0.15, 0.2) is 18.3 Å². The molecule has 4 heteroatoms. The van der Waals surface area contributed by atoms with Crippen LogP contribution in [0.25, 0.3) is 10.9 Å². The highest BCUT2D eigenvalue weighted by molar-refractivity contribution is 5.89. The maximum atomic E-state index is 11.5. The fourth-order valence-electron chi connectivity index (χ4n) is 3.02. The van der Waals surface area contributed by atoms with Crippen LogP contribution in [0.5, 0.6) is 0 Å². The first-order valence-electron chi connectivity index (χ1n) is 7.01. The van der Waals surface area contributed by atoms with Crippen LogP contribution in [0.1, 0.15) is 23.6 Å². The molecule has 2 aromatic rings. The van der Waals surface area contributed by atoms with Crippen LogP contribution in [0.4, 0.5) is 0 Å². The van der Waals surface area contributed by atoms with Crippen molar-refractivity contribution in [2.75, 3.05) is 13.7 Å². The lowest BCUT2D eigenvalue weighted by Crippen LogP contribution is -2.14. The Kier molecular flexibility index (Phi) is 3.26. The second-order valence-corrected chi connectivity index (χ2v) is 5.46. The molecular weight excluding hydrogens is 252 g/mol. The molecule has 0 N–H and O–H groups in total. The fourth-order valence-corrected chi connectivity index (χ4v) is 3.02. The van der Waals surface area contributed by atoms with Gasteiger partial charge in [-0.25, -0.2) is 0 Å². The summed E-state index contributed by atoms with van der Waals surface area (Å²) in [5.74, 6) is -0.187. The highest BCUT2D eigenvalue weighted by Gasteiger charge is 2.20. The van der Waals surface area contributed by atoms with Gasteiger partial charge in [0.05, 0.1) is 13.5 Å². The summed E-state index contributed by atoms with van der Waals surface area (Å²) in [6.45, 7) is 5.29. The third-order valence-electron chi connectivity index (χ3n) is 4.19. The van der Waals surface area contributed by atoms with Crippen molar-refractivity contribution >= 4 is 16.9 Å². The largest absolute Gasteiger partial charge is 0.469 e. The molecule has 0 aliphatic carbocycles. The van der Waals surface area contributed by atoms with E-state index in [1.807, 2.05) is 13.2 Å². The van der Waals surface area contributed by atoms with E-state index in [4.69, 9.17) is 4.74 Å². The number of methoxy groups -OCH3 is 1. The lowest BCUT2D eigenvalue weighted by Gasteiger charge is -2.09. The van der Waals surface area contributed by atoms with Crippen molar-refractivity contribution in [3.63, 3.8) is 0 Å². The Morgan fingerprint density at radius 3 is 2.65 bits per heavy atom. The number of benzene rings is 1. The van der Waals surface area contributed by atoms with Gasteiger partial charge in [-0.05, 0) is 35.4 Å². The molecule has 0 amide bonds. The van der Waals surface area contributed by atoms with E-state index in [0.29, 0.717) is 6.42 Å². The molecule has 2 heterocycles. The second kappa shape index (κ2) is 4.94. The van der Waals surface area contributed by atoms with E-state index in [2.05, 4.69) is 28.5 Å². The predicted molar refractivity (Wildman–Crippen MR) is 78.4 cm³/mol. The lowest BCUT2D eigenvalue weighted by atomic mass is 10.0. The monoisotopic (exact) mass is 272 g/mol. The molecule has 0 saturated heterocycles. The van der Waals surface area contributed by atoms with Gasteiger partial charge in [-0.1, -0.05) is 6.92 Å². The Labute approximate surface area is 118 Å². The van der Waals surface area contributed by atoms with Crippen molar-refractivity contribution in [3.05, 3.63) is 35.0 Å². The number of fused-ring (bicyclic) bond motifs is 2. The van der Waals surface area contributed by atoms with Gasteiger partial charge in [0.15, 0.2) is 0 Å². The van der Waals surface area contributed by atoms with Crippen molar-refractivity contribution in [2.24, 2.45) is 7.05 Å². The second-order valence-electron chi connectivity index (χ2n) is 5.46. The van der Waals surface area contributed by atoms with Crippen molar-refractivity contribution in [1.82, 2.24) is 9.47 Å². The van der Waals surface area contributed by atoms with Gasteiger partial charge in [0, 0.05) is 37.2 Å². The molecule has 1 aromatic carbocycles. The molecule has 20 heavy (non-hydrogen) atoms. The predicted octanol–water partition coefficient (Wildman–Crippen LogP) is 2.23. The summed E-state index contributed by atoms with van der Waals surface area (Å²) in [5, 5.41) is 1.18. The molecule has 3 rings (SSSR count). The van der Waals surface area contributed by atoms with Crippen molar-refractivity contribution in [3.8, 4) is 0 Å². The zero-order valence-corrected chi connectivity index (χ0v) is 12.3. The fraction of sp³-hybridized carbons (Fsp3) is 0.438. The quantitative estimate of drug-likeness (QED) is 0.804. The molecule has 1 aliphatic heterocycles. The van der Waals surface area contributed by atoms with E-state index in [1.54, 1.807) is 0 Å². The number of hydrogen-bond acceptors (Lipinski definition) is 3. The molecule has 0 fully saturated rings. The normalized spacial score (nSPS) is 14.8. The number of hydrogen-bond donors (Lipinski definition) is 0. The van der Waals surface area contributed by atoms with Gasteiger partial charge in [-0.2, -0.15) is 0 Å². The Morgan fingerprint density at radius 2 is 2.00 bits per heavy atom. The highest BCUT2D eigenvalue weighted by Crippen LogP contribution is 2.30. The van der Waals surface area contributed by atoms with Crippen LogP contribution in [0, 0.1) is 0 Å². The number of esters is 1. The zero-order valence-electron chi connectivity index (χ0n) is 12.3. The van der Waals surface area contributed by atoms with Gasteiger partial charge in [-0.15, -0.1) is 0 Å². The minimum Gasteiger partial charge on any atom is -0.469 e. The average molecular weight is 272 g/mol. The minimum absolute atomic E-state index is 0.187. The number of nitrogens with zero attached hydrogens (tertiary/aromatic N) is 2. The maximum Gasteiger partial charge on any atom is 0.310 e. The standard InChI is InChI=1S/C16H20N2O2/c1-4-18-9-11-5-14-13(7-16(19)20-3)8-17(2)15(14)6-12(11)10-18/h5-6,8H,4,7,9-10H2,1-3H3. The lowest BCUT2D eigenvalue weighted by molar-refractivity contribution is -0.139. The van der Waals surface area contributed by atoms with E-state index in [9.17, 15) is 4.79 Å². The van der Waals surface area contributed by atoms with Gasteiger partial charge in [0.25, 0.3) is 0 Å². The molecule has 0 bridgehead atoms. The summed E-state index contributed by atoms with van der Waals surface area (Å²) in [6.07, 6.45) is 2.37. The van der Waals surface area contributed by atoms with Crippen LogP contribution in [0.3, 0.4) is 0 Å². The molecule has 1 aromatic heterocycles. The molecular formula is C16H20N2O2. The van der Waals surface area contributed by atoms with Gasteiger partial charge in [0.2, 0.25) is 0 Å². The number of aryl methyl sites for hydroxylation is 1. The average Bonchev–Trinajstić information content (AvgIpc) is 2.98. The Hall–Kier alpha value is -1.81. The SMILES string of the molecule is CCN1Cc2cc3c(CC(=O)OC)cn(C)c3cc2C1. The summed E-state index contributed by atoms with van der Waals surface area (Å²) in [4.78, 5) is 13.9. The van der Waals surface area contributed by atoms with Gasteiger partial charge < -0.3 is 9.30 Å². The molecule has 0 unspecified atom stereocenters. The van der Waals surface area contributed by atoms with Crippen LogP contribution in [0.2, 0.25) is 0 Å². The van der Waals surface area contributed by atoms with Crippen LogP contribution in [-0.4, -0.2) is 29.1 Å². The third-order valence-corrected chi connectivity index (χ3v) is 4.19. The first kappa shape index (κ1) is 13.2. The number of carbonyl (C=O) groups excluding carboxylic acids is 1. The summed E-state index contributed by atoms with van der Waals surface area (Å²) in [5.41, 5.74) is 5.04. The summed E-state index contributed by atoms with van der Waals surface area (Å²) < 4.78 is 6.88. The van der Waals surface area contributed by atoms with Crippen molar-refractivity contribution in [1.29, 1.82) is 0 Å². The summed E-state index contributed by atoms with van der Waals surface area (Å²) in [6, 6.07) is 4.51. The Bertz CT molecular complexity index is 673. The first-order chi connectivity index (χ1) is 9.62. The molecule has 0 spiro atoms. The number of carbonyl (C=O) groups is 1.